The van der Waals surface area contributed by atoms with E-state index in [0.717, 1.165) is 23.2 Å². The summed E-state index contributed by atoms with van der Waals surface area (Å²) in [5.41, 5.74) is 1.19. The highest BCUT2D eigenvalue weighted by Gasteiger charge is 2.24. The van der Waals surface area contributed by atoms with Gasteiger partial charge < -0.3 is 10.2 Å². The van der Waals surface area contributed by atoms with E-state index in [1.165, 1.54) is 5.56 Å². The van der Waals surface area contributed by atoms with Crippen molar-refractivity contribution in [2.45, 2.75) is 25.4 Å². The summed E-state index contributed by atoms with van der Waals surface area (Å²) in [6.07, 6.45) is 2.07. The van der Waals surface area contributed by atoms with E-state index in [4.69, 9.17) is 0 Å². The van der Waals surface area contributed by atoms with Crippen molar-refractivity contribution in [3.05, 3.63) is 20.8 Å². The Balaban J connectivity index is 1.91. The molecule has 0 bridgehead atoms. The van der Waals surface area contributed by atoms with E-state index in [9.17, 15) is 4.79 Å². The molecule has 1 aliphatic rings. The molecule has 1 saturated heterocycles. The summed E-state index contributed by atoms with van der Waals surface area (Å²) in [6, 6.07) is 2.10. The maximum atomic E-state index is 12.0. The average molecular weight is 303 g/mol. The molecule has 1 N–H and O–H groups in total. The number of halogens is 1. The third-order valence-electron chi connectivity index (χ3n) is 2.78. The number of amides is 1. The highest BCUT2D eigenvalue weighted by atomic mass is 79.9. The number of nitrogens with one attached hydrogen (secondary N) is 1. The van der Waals surface area contributed by atoms with Gasteiger partial charge in [0.05, 0.1) is 9.83 Å². The van der Waals surface area contributed by atoms with Gasteiger partial charge in [0, 0.05) is 13.6 Å². The minimum Gasteiger partial charge on any atom is -0.340 e. The summed E-state index contributed by atoms with van der Waals surface area (Å²) in [7, 11) is 1.87. The zero-order chi connectivity index (χ0) is 11.5. The number of hydrogen-bond donors (Lipinski definition) is 1. The van der Waals surface area contributed by atoms with Gasteiger partial charge in [-0.05, 0) is 52.3 Å². The average Bonchev–Trinajstić information content (AvgIpc) is 2.88. The lowest BCUT2D eigenvalue weighted by Crippen LogP contribution is -2.41. The Morgan fingerprint density at radius 3 is 3.12 bits per heavy atom. The molecule has 1 aromatic heterocycles. The Kier molecular flexibility index (Phi) is 4.00. The number of nitrogens with zero attached hydrogens (tertiary/aromatic N) is 1. The van der Waals surface area contributed by atoms with Crippen molar-refractivity contribution in [3.63, 3.8) is 0 Å². The van der Waals surface area contributed by atoms with Crippen molar-refractivity contribution < 1.29 is 4.79 Å². The zero-order valence-electron chi connectivity index (χ0n) is 9.20. The quantitative estimate of drug-likeness (QED) is 0.928. The summed E-state index contributed by atoms with van der Waals surface area (Å²) >= 11 is 5.08. The highest BCUT2D eigenvalue weighted by molar-refractivity contribution is 9.11. The fourth-order valence-corrected chi connectivity index (χ4v) is 3.14. The van der Waals surface area contributed by atoms with Crippen LogP contribution in [0.15, 0.2) is 15.2 Å². The van der Waals surface area contributed by atoms with Crippen LogP contribution in [0, 0.1) is 0 Å². The first-order valence-electron chi connectivity index (χ1n) is 5.38. The van der Waals surface area contributed by atoms with Crippen molar-refractivity contribution in [1.82, 2.24) is 10.2 Å². The van der Waals surface area contributed by atoms with Gasteiger partial charge in [0.15, 0.2) is 0 Å². The lowest BCUT2D eigenvalue weighted by atomic mass is 10.2. The fourth-order valence-electron chi connectivity index (χ4n) is 1.94. The summed E-state index contributed by atoms with van der Waals surface area (Å²) in [6.45, 7) is 1.66. The zero-order valence-corrected chi connectivity index (χ0v) is 11.6. The summed E-state index contributed by atoms with van der Waals surface area (Å²) in [5, 5.41) is 5.31. The Morgan fingerprint density at radius 1 is 1.75 bits per heavy atom. The third-order valence-corrected chi connectivity index (χ3v) is 4.33. The van der Waals surface area contributed by atoms with E-state index in [1.54, 1.807) is 16.2 Å². The second-order valence-electron chi connectivity index (χ2n) is 4.10. The molecule has 1 aliphatic heterocycles. The van der Waals surface area contributed by atoms with Crippen LogP contribution >= 0.6 is 27.3 Å². The van der Waals surface area contributed by atoms with Crippen molar-refractivity contribution in [2.24, 2.45) is 0 Å². The van der Waals surface area contributed by atoms with E-state index < -0.39 is 0 Å². The normalized spacial score (nSPS) is 20.0. The predicted octanol–water partition coefficient (Wildman–Crippen LogP) is 2.22. The van der Waals surface area contributed by atoms with Crippen molar-refractivity contribution >= 4 is 33.2 Å². The van der Waals surface area contributed by atoms with Crippen molar-refractivity contribution in [3.8, 4) is 0 Å². The number of likely N-dealkylation sites (N-methyl/N-ethyl adjacent to an activating group) is 1. The maximum absolute atomic E-state index is 12.0. The molecule has 0 radical (unpaired) electrons. The van der Waals surface area contributed by atoms with E-state index in [1.807, 2.05) is 7.05 Å². The molecular weight excluding hydrogens is 288 g/mol. The standard InChI is InChI=1S/C11H15BrN2OS/c1-14(6-8-5-10(12)16-7-8)11(15)9-3-2-4-13-9/h5,7,9,13H,2-4,6H2,1H3/t9-/m1/s1. The number of carbonyl (C=O) groups excluding carboxylic acids is 1. The molecule has 0 saturated carbocycles. The van der Waals surface area contributed by atoms with Crippen LogP contribution in [0.1, 0.15) is 18.4 Å². The number of thiophene rings is 1. The Hall–Kier alpha value is -0.390. The van der Waals surface area contributed by atoms with Crippen LogP contribution in [0.25, 0.3) is 0 Å². The molecule has 1 fully saturated rings. The largest absolute Gasteiger partial charge is 0.340 e. The number of carbonyl (C=O) groups is 1. The molecule has 3 nitrogen and oxygen atoms in total. The Bertz CT molecular complexity index is 374. The molecular formula is C11H15BrN2OS. The minimum absolute atomic E-state index is 0.0343. The molecule has 0 aromatic carbocycles. The van der Waals surface area contributed by atoms with Gasteiger partial charge in [-0.1, -0.05) is 0 Å². The molecule has 88 valence electrons. The molecule has 2 rings (SSSR count). The topological polar surface area (TPSA) is 32.3 Å². The molecule has 1 atom stereocenters. The first-order chi connectivity index (χ1) is 7.66. The van der Waals surface area contributed by atoms with Gasteiger partial charge in [-0.25, -0.2) is 0 Å². The smallest absolute Gasteiger partial charge is 0.239 e. The summed E-state index contributed by atoms with van der Waals surface area (Å²) in [5.74, 6) is 0.208. The van der Waals surface area contributed by atoms with Crippen LogP contribution in [0.3, 0.4) is 0 Å². The number of rotatable bonds is 3. The molecule has 0 unspecified atom stereocenters. The molecule has 1 aromatic rings. The second-order valence-corrected chi connectivity index (χ2v) is 6.39. The SMILES string of the molecule is CN(Cc1csc(Br)c1)C(=O)[C@H]1CCCN1. The van der Waals surface area contributed by atoms with Crippen LogP contribution in [0.4, 0.5) is 0 Å². The van der Waals surface area contributed by atoms with Crippen LogP contribution in [-0.4, -0.2) is 30.4 Å². The van der Waals surface area contributed by atoms with E-state index in [2.05, 4.69) is 32.7 Å². The van der Waals surface area contributed by atoms with Gasteiger partial charge in [0.2, 0.25) is 5.91 Å². The van der Waals surface area contributed by atoms with Gasteiger partial charge in [0.25, 0.3) is 0 Å². The number of hydrogen-bond acceptors (Lipinski definition) is 3. The molecule has 16 heavy (non-hydrogen) atoms. The molecule has 0 aliphatic carbocycles. The minimum atomic E-state index is 0.0343. The van der Waals surface area contributed by atoms with E-state index in [-0.39, 0.29) is 11.9 Å². The fraction of sp³-hybridized carbons (Fsp3) is 0.545. The third kappa shape index (κ3) is 2.84. The molecule has 0 spiro atoms. The van der Waals surface area contributed by atoms with E-state index >= 15 is 0 Å². The van der Waals surface area contributed by atoms with Gasteiger partial charge in [-0.15, -0.1) is 11.3 Å². The first-order valence-corrected chi connectivity index (χ1v) is 7.05. The predicted molar refractivity (Wildman–Crippen MR) is 69.5 cm³/mol. The van der Waals surface area contributed by atoms with Crippen LogP contribution in [0.5, 0.6) is 0 Å². The first kappa shape index (κ1) is 12.1. The monoisotopic (exact) mass is 302 g/mol. The highest BCUT2D eigenvalue weighted by Crippen LogP contribution is 2.21. The van der Waals surface area contributed by atoms with E-state index in [0.29, 0.717) is 6.54 Å². The lowest BCUT2D eigenvalue weighted by Gasteiger charge is -2.20. The van der Waals surface area contributed by atoms with Crippen molar-refractivity contribution in [1.29, 1.82) is 0 Å². The maximum Gasteiger partial charge on any atom is 0.239 e. The summed E-state index contributed by atoms with van der Waals surface area (Å²) < 4.78 is 1.11. The Labute approximate surface area is 108 Å². The van der Waals surface area contributed by atoms with Crippen LogP contribution < -0.4 is 5.32 Å². The van der Waals surface area contributed by atoms with Gasteiger partial charge in [-0.3, -0.25) is 4.79 Å². The van der Waals surface area contributed by atoms with Gasteiger partial charge >= 0.3 is 0 Å². The van der Waals surface area contributed by atoms with Gasteiger partial charge in [0.1, 0.15) is 0 Å². The molecule has 2 heterocycles. The van der Waals surface area contributed by atoms with Crippen LogP contribution in [0.2, 0.25) is 0 Å². The summed E-state index contributed by atoms with van der Waals surface area (Å²) in [4.78, 5) is 13.8. The second kappa shape index (κ2) is 5.29. The van der Waals surface area contributed by atoms with Gasteiger partial charge in [-0.2, -0.15) is 0 Å². The molecule has 1 amide bonds. The van der Waals surface area contributed by atoms with Crippen LogP contribution in [-0.2, 0) is 11.3 Å². The van der Waals surface area contributed by atoms with Crippen molar-refractivity contribution in [2.75, 3.05) is 13.6 Å². The molecule has 5 heteroatoms. The lowest BCUT2D eigenvalue weighted by molar-refractivity contribution is -0.132. The Morgan fingerprint density at radius 2 is 2.56 bits per heavy atom.